The normalized spacial score (nSPS) is 11.2. The van der Waals surface area contributed by atoms with Crippen molar-refractivity contribution in [2.24, 2.45) is 0 Å². The zero-order chi connectivity index (χ0) is 11.6. The number of aliphatic carboxylic acids is 1. The van der Waals surface area contributed by atoms with Crippen molar-refractivity contribution in [3.63, 3.8) is 0 Å². The van der Waals surface area contributed by atoms with Crippen LogP contribution in [0.1, 0.15) is 19.4 Å². The minimum absolute atomic E-state index is 0.574. The van der Waals surface area contributed by atoms with Crippen LogP contribution in [0.15, 0.2) is 22.7 Å². The molecular weight excluding hydrogens is 260 g/mol. The first-order chi connectivity index (χ1) is 6.91. The van der Waals surface area contributed by atoms with Crippen LogP contribution in [0.2, 0.25) is 0 Å². The maximum absolute atomic E-state index is 11.1. The Morgan fingerprint density at radius 1 is 1.47 bits per heavy atom. The molecule has 0 aliphatic carbocycles. The first-order valence-corrected chi connectivity index (χ1v) is 5.27. The highest BCUT2D eigenvalue weighted by Gasteiger charge is 2.32. The summed E-state index contributed by atoms with van der Waals surface area (Å²) >= 11 is 3.33. The molecule has 0 saturated carbocycles. The Morgan fingerprint density at radius 2 is 2.07 bits per heavy atom. The molecule has 3 nitrogen and oxygen atoms in total. The van der Waals surface area contributed by atoms with Gasteiger partial charge in [-0.25, -0.2) is 0 Å². The van der Waals surface area contributed by atoms with Gasteiger partial charge in [-0.05, 0) is 35.8 Å². The van der Waals surface area contributed by atoms with E-state index in [0.717, 1.165) is 4.47 Å². The molecule has 0 aliphatic rings. The molecule has 0 aliphatic heterocycles. The van der Waals surface area contributed by atoms with Crippen molar-refractivity contribution in [3.8, 4) is 5.75 Å². The molecule has 0 bridgehead atoms. The Kier molecular flexibility index (Phi) is 3.39. The van der Waals surface area contributed by atoms with Crippen LogP contribution < -0.4 is 4.74 Å². The maximum Gasteiger partial charge on any atom is 0.313 e. The van der Waals surface area contributed by atoms with Crippen LogP contribution in [0.4, 0.5) is 0 Å². The highest BCUT2D eigenvalue weighted by atomic mass is 79.9. The number of carbonyl (C=O) groups is 1. The zero-order valence-corrected chi connectivity index (χ0v) is 10.5. The molecule has 0 saturated heterocycles. The fraction of sp³-hybridized carbons (Fsp3) is 0.364. The van der Waals surface area contributed by atoms with E-state index < -0.39 is 11.4 Å². The minimum atomic E-state index is -0.963. The van der Waals surface area contributed by atoms with Crippen molar-refractivity contribution in [2.75, 3.05) is 7.11 Å². The van der Waals surface area contributed by atoms with Crippen molar-refractivity contribution < 1.29 is 14.6 Å². The highest BCUT2D eigenvalue weighted by molar-refractivity contribution is 9.10. The number of benzene rings is 1. The van der Waals surface area contributed by atoms with Crippen molar-refractivity contribution >= 4 is 21.9 Å². The average Bonchev–Trinajstić information content (AvgIpc) is 2.17. The number of methoxy groups -OCH3 is 1. The van der Waals surface area contributed by atoms with Crippen molar-refractivity contribution in [2.45, 2.75) is 19.3 Å². The second-order valence-electron chi connectivity index (χ2n) is 3.75. The molecule has 82 valence electrons. The van der Waals surface area contributed by atoms with Crippen LogP contribution in [0, 0.1) is 0 Å². The summed E-state index contributed by atoms with van der Waals surface area (Å²) in [5.41, 5.74) is -0.304. The standard InChI is InChI=1S/C11H13BrO3/c1-11(2,10(13)14)7-5-4-6-8(12)9(7)15-3/h4-6H,1-3H3,(H,13,14). The minimum Gasteiger partial charge on any atom is -0.495 e. The third-order valence-electron chi connectivity index (χ3n) is 2.38. The molecule has 0 fully saturated rings. The van der Waals surface area contributed by atoms with E-state index in [9.17, 15) is 4.79 Å². The lowest BCUT2D eigenvalue weighted by atomic mass is 9.84. The number of hydrogen-bond donors (Lipinski definition) is 1. The third kappa shape index (κ3) is 2.15. The van der Waals surface area contributed by atoms with Gasteiger partial charge in [-0.3, -0.25) is 4.79 Å². The number of carboxylic acid groups (broad SMARTS) is 1. The Labute approximate surface area is 97.2 Å². The van der Waals surface area contributed by atoms with E-state index in [1.54, 1.807) is 26.0 Å². The molecule has 0 atom stereocenters. The number of carboxylic acids is 1. The van der Waals surface area contributed by atoms with Crippen molar-refractivity contribution in [1.82, 2.24) is 0 Å². The van der Waals surface area contributed by atoms with Crippen LogP contribution in [-0.2, 0) is 10.2 Å². The SMILES string of the molecule is COc1c(Br)cccc1C(C)(C)C(=O)O. The van der Waals surface area contributed by atoms with Gasteiger partial charge in [0.05, 0.1) is 17.0 Å². The average molecular weight is 273 g/mol. The van der Waals surface area contributed by atoms with Gasteiger partial charge in [0.15, 0.2) is 0 Å². The lowest BCUT2D eigenvalue weighted by molar-refractivity contribution is -0.142. The molecule has 0 aromatic heterocycles. The van der Waals surface area contributed by atoms with Gasteiger partial charge in [-0.1, -0.05) is 12.1 Å². The van der Waals surface area contributed by atoms with Gasteiger partial charge < -0.3 is 9.84 Å². The number of hydrogen-bond acceptors (Lipinski definition) is 2. The number of rotatable bonds is 3. The fourth-order valence-corrected chi connectivity index (χ4v) is 1.85. The number of ether oxygens (including phenoxy) is 1. The van der Waals surface area contributed by atoms with Gasteiger partial charge in [-0.15, -0.1) is 0 Å². The summed E-state index contributed by atoms with van der Waals surface area (Å²) in [6.07, 6.45) is 0. The van der Waals surface area contributed by atoms with E-state index in [1.807, 2.05) is 6.07 Å². The largest absolute Gasteiger partial charge is 0.495 e. The summed E-state index contributed by atoms with van der Waals surface area (Å²) in [6.45, 7) is 3.30. The zero-order valence-electron chi connectivity index (χ0n) is 8.87. The molecular formula is C11H13BrO3. The molecule has 0 unspecified atom stereocenters. The Hall–Kier alpha value is -1.03. The third-order valence-corrected chi connectivity index (χ3v) is 3.00. The second-order valence-corrected chi connectivity index (χ2v) is 4.61. The monoisotopic (exact) mass is 272 g/mol. The molecule has 1 rings (SSSR count). The first-order valence-electron chi connectivity index (χ1n) is 4.47. The molecule has 0 heterocycles. The van der Waals surface area contributed by atoms with Crippen LogP contribution in [-0.4, -0.2) is 18.2 Å². The van der Waals surface area contributed by atoms with E-state index in [-0.39, 0.29) is 0 Å². The van der Waals surface area contributed by atoms with Crippen LogP contribution in [0.3, 0.4) is 0 Å². The molecule has 1 aromatic carbocycles. The van der Waals surface area contributed by atoms with E-state index >= 15 is 0 Å². The van der Waals surface area contributed by atoms with Crippen LogP contribution >= 0.6 is 15.9 Å². The molecule has 0 radical (unpaired) electrons. The summed E-state index contributed by atoms with van der Waals surface area (Å²) < 4.78 is 5.96. The van der Waals surface area contributed by atoms with Gasteiger partial charge in [0.2, 0.25) is 0 Å². The van der Waals surface area contributed by atoms with Crippen molar-refractivity contribution in [1.29, 1.82) is 0 Å². The topological polar surface area (TPSA) is 46.5 Å². The second kappa shape index (κ2) is 4.23. The van der Waals surface area contributed by atoms with Gasteiger partial charge in [0, 0.05) is 5.56 Å². The smallest absolute Gasteiger partial charge is 0.313 e. The van der Waals surface area contributed by atoms with E-state index in [1.165, 1.54) is 7.11 Å². The van der Waals surface area contributed by atoms with Crippen LogP contribution in [0.25, 0.3) is 0 Å². The van der Waals surface area contributed by atoms with Gasteiger partial charge >= 0.3 is 5.97 Å². The summed E-state index contributed by atoms with van der Waals surface area (Å²) in [5, 5.41) is 9.13. The molecule has 1 aromatic rings. The summed E-state index contributed by atoms with van der Waals surface area (Å²) in [5.74, 6) is -0.302. The fourth-order valence-electron chi connectivity index (χ4n) is 1.32. The highest BCUT2D eigenvalue weighted by Crippen LogP contribution is 2.36. The maximum atomic E-state index is 11.1. The summed E-state index contributed by atoms with van der Waals surface area (Å²) in [7, 11) is 1.53. The lowest BCUT2D eigenvalue weighted by Gasteiger charge is -2.22. The molecule has 0 spiro atoms. The molecule has 0 amide bonds. The van der Waals surface area contributed by atoms with Crippen molar-refractivity contribution in [3.05, 3.63) is 28.2 Å². The molecule has 1 N–H and O–H groups in total. The van der Waals surface area contributed by atoms with Gasteiger partial charge in [0.25, 0.3) is 0 Å². The number of para-hydroxylation sites is 1. The Balaban J connectivity index is 3.37. The summed E-state index contributed by atoms with van der Waals surface area (Å²) in [6, 6.07) is 5.38. The Bertz CT molecular complexity index is 385. The van der Waals surface area contributed by atoms with Gasteiger partial charge in [-0.2, -0.15) is 0 Å². The number of halogens is 1. The lowest BCUT2D eigenvalue weighted by Crippen LogP contribution is -2.29. The predicted octanol–water partition coefficient (Wildman–Crippen LogP) is 2.82. The molecule has 4 heteroatoms. The van der Waals surface area contributed by atoms with Gasteiger partial charge in [0.1, 0.15) is 5.75 Å². The Morgan fingerprint density at radius 3 is 2.53 bits per heavy atom. The quantitative estimate of drug-likeness (QED) is 0.921. The summed E-state index contributed by atoms with van der Waals surface area (Å²) in [4.78, 5) is 11.1. The molecule has 15 heavy (non-hydrogen) atoms. The van der Waals surface area contributed by atoms with Crippen LogP contribution in [0.5, 0.6) is 5.75 Å². The van der Waals surface area contributed by atoms with E-state index in [2.05, 4.69) is 15.9 Å². The predicted molar refractivity (Wildman–Crippen MR) is 61.4 cm³/mol. The van der Waals surface area contributed by atoms with E-state index in [4.69, 9.17) is 9.84 Å². The first kappa shape index (κ1) is 12.0. The van der Waals surface area contributed by atoms with E-state index in [0.29, 0.717) is 11.3 Å².